The van der Waals surface area contributed by atoms with E-state index >= 15 is 0 Å². The maximum Gasteiger partial charge on any atom is 0.409 e. The van der Waals surface area contributed by atoms with E-state index < -0.39 is 17.7 Å². The van der Waals surface area contributed by atoms with Gasteiger partial charge in [-0.25, -0.2) is 13.6 Å². The molecule has 82 valence electrons. The van der Waals surface area contributed by atoms with E-state index in [1.54, 1.807) is 0 Å². The zero-order chi connectivity index (χ0) is 11.4. The topological polar surface area (TPSA) is 29.5 Å². The lowest BCUT2D eigenvalue weighted by Crippen LogP contribution is -2.25. The second kappa shape index (κ2) is 4.72. The largest absolute Gasteiger partial charge is 0.453 e. The Morgan fingerprint density at radius 3 is 2.60 bits per heavy atom. The van der Waals surface area contributed by atoms with Crippen molar-refractivity contribution in [2.75, 3.05) is 14.2 Å². The summed E-state index contributed by atoms with van der Waals surface area (Å²) in [5.41, 5.74) is 0.502. The highest BCUT2D eigenvalue weighted by molar-refractivity contribution is 5.66. The van der Waals surface area contributed by atoms with Gasteiger partial charge in [0.15, 0.2) is 11.6 Å². The minimum absolute atomic E-state index is 0.171. The van der Waals surface area contributed by atoms with Gasteiger partial charge in [0.1, 0.15) is 0 Å². The van der Waals surface area contributed by atoms with Gasteiger partial charge in [0.05, 0.1) is 7.11 Å². The summed E-state index contributed by atoms with van der Waals surface area (Å²) in [5.74, 6) is -1.83. The van der Waals surface area contributed by atoms with Gasteiger partial charge in [0, 0.05) is 13.6 Å². The molecular weight excluding hydrogens is 204 g/mol. The van der Waals surface area contributed by atoms with Crippen molar-refractivity contribution in [2.24, 2.45) is 0 Å². The molecule has 0 bridgehead atoms. The van der Waals surface area contributed by atoms with Crippen LogP contribution in [0.4, 0.5) is 13.6 Å². The lowest BCUT2D eigenvalue weighted by atomic mass is 10.2. The molecule has 1 aromatic carbocycles. The monoisotopic (exact) mass is 215 g/mol. The minimum Gasteiger partial charge on any atom is -0.453 e. The number of carbonyl (C=O) groups excluding carboxylic acids is 1. The fraction of sp³-hybridized carbons (Fsp3) is 0.300. The number of ether oxygens (including phenoxy) is 1. The molecule has 0 spiro atoms. The van der Waals surface area contributed by atoms with Crippen LogP contribution >= 0.6 is 0 Å². The molecule has 0 aliphatic rings. The standard InChI is InChI=1S/C10H11F2NO2/c1-13(10(14)15-2)6-7-3-4-8(11)9(12)5-7/h3-5H,6H2,1-2H3. The van der Waals surface area contributed by atoms with Crippen molar-refractivity contribution in [1.29, 1.82) is 0 Å². The molecule has 0 atom stereocenters. The van der Waals surface area contributed by atoms with Crippen molar-refractivity contribution in [3.63, 3.8) is 0 Å². The van der Waals surface area contributed by atoms with Gasteiger partial charge in [-0.05, 0) is 17.7 Å². The molecule has 15 heavy (non-hydrogen) atoms. The van der Waals surface area contributed by atoms with Crippen LogP contribution in [0.15, 0.2) is 18.2 Å². The molecule has 0 saturated heterocycles. The van der Waals surface area contributed by atoms with Crippen LogP contribution in [0.1, 0.15) is 5.56 Å². The molecule has 0 saturated carbocycles. The molecular formula is C10H11F2NO2. The van der Waals surface area contributed by atoms with Gasteiger partial charge in [-0.3, -0.25) is 0 Å². The molecule has 0 unspecified atom stereocenters. The van der Waals surface area contributed by atoms with Crippen LogP contribution in [0.5, 0.6) is 0 Å². The number of halogens is 2. The van der Waals surface area contributed by atoms with Crippen LogP contribution in [0, 0.1) is 11.6 Å². The third kappa shape index (κ3) is 2.90. The molecule has 0 aromatic heterocycles. The molecule has 0 aliphatic carbocycles. The van der Waals surface area contributed by atoms with Crippen molar-refractivity contribution in [1.82, 2.24) is 4.90 Å². The average molecular weight is 215 g/mol. The van der Waals surface area contributed by atoms with Gasteiger partial charge >= 0.3 is 6.09 Å². The fourth-order valence-electron chi connectivity index (χ4n) is 1.13. The quantitative estimate of drug-likeness (QED) is 0.756. The first kappa shape index (κ1) is 11.4. The van der Waals surface area contributed by atoms with E-state index in [1.165, 1.54) is 25.1 Å². The molecule has 1 amide bonds. The van der Waals surface area contributed by atoms with Gasteiger partial charge in [0.25, 0.3) is 0 Å². The molecule has 3 nitrogen and oxygen atoms in total. The summed E-state index contributed by atoms with van der Waals surface area (Å²) in [7, 11) is 2.76. The number of amides is 1. The highest BCUT2D eigenvalue weighted by Gasteiger charge is 2.10. The Morgan fingerprint density at radius 2 is 2.07 bits per heavy atom. The van der Waals surface area contributed by atoms with E-state index in [2.05, 4.69) is 4.74 Å². The second-order valence-electron chi connectivity index (χ2n) is 3.07. The van der Waals surface area contributed by atoms with Crippen LogP contribution in [-0.2, 0) is 11.3 Å². The van der Waals surface area contributed by atoms with Crippen molar-refractivity contribution >= 4 is 6.09 Å². The van der Waals surface area contributed by atoms with Gasteiger partial charge in [-0.15, -0.1) is 0 Å². The summed E-state index contributed by atoms with van der Waals surface area (Å²) in [5, 5.41) is 0. The van der Waals surface area contributed by atoms with Crippen molar-refractivity contribution in [3.8, 4) is 0 Å². The van der Waals surface area contributed by atoms with Crippen LogP contribution in [0.3, 0.4) is 0 Å². The highest BCUT2D eigenvalue weighted by atomic mass is 19.2. The number of hydrogen-bond donors (Lipinski definition) is 0. The fourth-order valence-corrected chi connectivity index (χ4v) is 1.13. The molecule has 1 rings (SSSR count). The zero-order valence-electron chi connectivity index (χ0n) is 8.46. The van der Waals surface area contributed by atoms with Crippen LogP contribution in [-0.4, -0.2) is 25.2 Å². The number of carbonyl (C=O) groups is 1. The Labute approximate surface area is 86.3 Å². The molecule has 0 aliphatic heterocycles. The Kier molecular flexibility index (Phi) is 3.60. The third-order valence-electron chi connectivity index (χ3n) is 1.89. The number of nitrogens with zero attached hydrogens (tertiary/aromatic N) is 1. The summed E-state index contributed by atoms with van der Waals surface area (Å²) < 4.78 is 29.8. The first-order valence-corrected chi connectivity index (χ1v) is 4.27. The van der Waals surface area contributed by atoms with Crippen LogP contribution < -0.4 is 0 Å². The normalized spacial score (nSPS) is 9.87. The maximum atomic E-state index is 12.8. The van der Waals surface area contributed by atoms with Gasteiger partial charge in [-0.1, -0.05) is 6.07 Å². The highest BCUT2D eigenvalue weighted by Crippen LogP contribution is 2.10. The first-order valence-electron chi connectivity index (χ1n) is 4.27. The van der Waals surface area contributed by atoms with Gasteiger partial charge in [0.2, 0.25) is 0 Å². The molecule has 5 heteroatoms. The summed E-state index contributed by atoms with van der Waals surface area (Å²) >= 11 is 0. The Balaban J connectivity index is 2.73. The SMILES string of the molecule is COC(=O)N(C)Cc1ccc(F)c(F)c1. The van der Waals surface area contributed by atoms with Crippen LogP contribution in [0.25, 0.3) is 0 Å². The molecule has 1 aromatic rings. The van der Waals surface area contributed by atoms with Crippen molar-refractivity contribution < 1.29 is 18.3 Å². The molecule has 0 N–H and O–H groups in total. The van der Waals surface area contributed by atoms with Gasteiger partial charge < -0.3 is 9.64 Å². The maximum absolute atomic E-state index is 12.8. The van der Waals surface area contributed by atoms with E-state index in [4.69, 9.17) is 0 Å². The van der Waals surface area contributed by atoms with E-state index in [1.807, 2.05) is 0 Å². The summed E-state index contributed by atoms with van der Waals surface area (Å²) in [4.78, 5) is 12.3. The average Bonchev–Trinajstić information content (AvgIpc) is 2.22. The molecule has 0 heterocycles. The zero-order valence-corrected chi connectivity index (χ0v) is 8.46. The van der Waals surface area contributed by atoms with E-state index in [-0.39, 0.29) is 6.54 Å². The smallest absolute Gasteiger partial charge is 0.409 e. The van der Waals surface area contributed by atoms with Crippen molar-refractivity contribution in [2.45, 2.75) is 6.54 Å². The lowest BCUT2D eigenvalue weighted by molar-refractivity contribution is 0.131. The predicted molar refractivity (Wildman–Crippen MR) is 50.2 cm³/mol. The number of methoxy groups -OCH3 is 1. The minimum atomic E-state index is -0.925. The number of rotatable bonds is 2. The second-order valence-corrected chi connectivity index (χ2v) is 3.07. The summed E-state index contributed by atoms with van der Waals surface area (Å²) in [6.07, 6.45) is -0.528. The predicted octanol–water partition coefficient (Wildman–Crippen LogP) is 2.16. The van der Waals surface area contributed by atoms with Gasteiger partial charge in [-0.2, -0.15) is 0 Å². The Hall–Kier alpha value is -1.65. The van der Waals surface area contributed by atoms with E-state index in [9.17, 15) is 13.6 Å². The summed E-state index contributed by atoms with van der Waals surface area (Å²) in [6, 6.07) is 3.49. The lowest BCUT2D eigenvalue weighted by Gasteiger charge is -2.15. The third-order valence-corrected chi connectivity index (χ3v) is 1.89. The van der Waals surface area contributed by atoms with E-state index in [0.717, 1.165) is 12.1 Å². The number of benzene rings is 1. The van der Waals surface area contributed by atoms with E-state index in [0.29, 0.717) is 5.56 Å². The number of hydrogen-bond acceptors (Lipinski definition) is 2. The first-order chi connectivity index (χ1) is 7.04. The van der Waals surface area contributed by atoms with Crippen LogP contribution in [0.2, 0.25) is 0 Å². The summed E-state index contributed by atoms with van der Waals surface area (Å²) in [6.45, 7) is 0.171. The molecule has 0 radical (unpaired) electrons. The van der Waals surface area contributed by atoms with Crippen molar-refractivity contribution in [3.05, 3.63) is 35.4 Å². The molecule has 0 fully saturated rings. The Bertz CT molecular complexity index is 368. The Morgan fingerprint density at radius 1 is 1.40 bits per heavy atom.